The molecule has 0 unspecified atom stereocenters. The van der Waals surface area contributed by atoms with Gasteiger partial charge in [-0.1, -0.05) is 6.92 Å². The molecule has 0 aromatic carbocycles. The van der Waals surface area contributed by atoms with Crippen LogP contribution in [0.25, 0.3) is 0 Å². The van der Waals surface area contributed by atoms with Crippen LogP contribution in [0.5, 0.6) is 0 Å². The molecule has 1 aliphatic rings. The van der Waals surface area contributed by atoms with E-state index in [1.165, 1.54) is 19.3 Å². The van der Waals surface area contributed by atoms with Gasteiger partial charge >= 0.3 is 0 Å². The van der Waals surface area contributed by atoms with Crippen LogP contribution in [0.3, 0.4) is 0 Å². The molecule has 0 radical (unpaired) electrons. The van der Waals surface area contributed by atoms with Crippen molar-refractivity contribution in [2.45, 2.75) is 45.3 Å². The molecular formula is C9H19NO. The van der Waals surface area contributed by atoms with Gasteiger partial charge in [-0.3, -0.25) is 0 Å². The third kappa shape index (κ3) is 3.21. The monoisotopic (exact) mass is 157 g/mol. The van der Waals surface area contributed by atoms with Gasteiger partial charge in [0.1, 0.15) is 0 Å². The summed E-state index contributed by atoms with van der Waals surface area (Å²) in [6.45, 7) is 6.42. The Morgan fingerprint density at radius 2 is 2.45 bits per heavy atom. The Morgan fingerprint density at radius 3 is 3.00 bits per heavy atom. The Kier molecular flexibility index (Phi) is 3.87. The Morgan fingerprint density at radius 1 is 1.64 bits per heavy atom. The molecule has 1 saturated heterocycles. The minimum absolute atomic E-state index is 0.490. The summed E-state index contributed by atoms with van der Waals surface area (Å²) in [7, 11) is 0. The lowest BCUT2D eigenvalue weighted by molar-refractivity contribution is 0.108. The highest BCUT2D eigenvalue weighted by molar-refractivity contribution is 4.69. The van der Waals surface area contributed by atoms with Crippen molar-refractivity contribution >= 4 is 0 Å². The smallest absolute Gasteiger partial charge is 0.0700 e. The molecular weight excluding hydrogens is 138 g/mol. The first-order valence-electron chi connectivity index (χ1n) is 4.68. The lowest BCUT2D eigenvalue weighted by atomic mass is 10.2. The summed E-state index contributed by atoms with van der Waals surface area (Å²) in [6, 6.07) is 0.638. The van der Waals surface area contributed by atoms with Crippen LogP contribution in [-0.4, -0.2) is 25.3 Å². The van der Waals surface area contributed by atoms with Gasteiger partial charge in [0.05, 0.1) is 6.10 Å². The normalized spacial score (nSPS) is 27.3. The molecule has 0 aromatic rings. The molecule has 1 rings (SSSR count). The topological polar surface area (TPSA) is 21.3 Å². The van der Waals surface area contributed by atoms with Crippen LogP contribution in [0, 0.1) is 0 Å². The molecule has 2 atom stereocenters. The van der Waals surface area contributed by atoms with Crippen LogP contribution in [0.2, 0.25) is 0 Å². The fourth-order valence-electron chi connectivity index (χ4n) is 1.28. The van der Waals surface area contributed by atoms with Crippen molar-refractivity contribution < 1.29 is 4.74 Å². The van der Waals surface area contributed by atoms with Crippen LogP contribution >= 0.6 is 0 Å². The average molecular weight is 157 g/mol. The number of ether oxygens (including phenoxy) is 1. The Bertz CT molecular complexity index is 99.7. The number of nitrogens with one attached hydrogen (secondary N) is 1. The van der Waals surface area contributed by atoms with Gasteiger partial charge in [-0.2, -0.15) is 0 Å². The molecule has 0 aromatic heterocycles. The van der Waals surface area contributed by atoms with E-state index in [9.17, 15) is 0 Å². The highest BCUT2D eigenvalue weighted by atomic mass is 16.5. The van der Waals surface area contributed by atoms with Gasteiger partial charge in [-0.15, -0.1) is 0 Å². The van der Waals surface area contributed by atoms with Crippen molar-refractivity contribution in [3.63, 3.8) is 0 Å². The minimum Gasteiger partial charge on any atom is -0.377 e. The van der Waals surface area contributed by atoms with Crippen LogP contribution in [0.1, 0.15) is 33.1 Å². The summed E-state index contributed by atoms with van der Waals surface area (Å²) >= 11 is 0. The van der Waals surface area contributed by atoms with Gasteiger partial charge < -0.3 is 10.1 Å². The predicted octanol–water partition coefficient (Wildman–Crippen LogP) is 1.55. The molecule has 1 N–H and O–H groups in total. The van der Waals surface area contributed by atoms with Crippen molar-refractivity contribution in [1.82, 2.24) is 5.32 Å². The largest absolute Gasteiger partial charge is 0.377 e. The van der Waals surface area contributed by atoms with Crippen LogP contribution in [0.15, 0.2) is 0 Å². The maximum absolute atomic E-state index is 5.49. The second kappa shape index (κ2) is 4.73. The first kappa shape index (κ1) is 9.01. The Labute approximate surface area is 69.3 Å². The fourth-order valence-corrected chi connectivity index (χ4v) is 1.28. The maximum atomic E-state index is 5.49. The summed E-state index contributed by atoms with van der Waals surface area (Å²) in [4.78, 5) is 0. The van der Waals surface area contributed by atoms with E-state index in [4.69, 9.17) is 4.74 Å². The molecule has 0 amide bonds. The molecule has 2 nitrogen and oxygen atoms in total. The molecule has 0 bridgehead atoms. The molecule has 11 heavy (non-hydrogen) atoms. The summed E-state index contributed by atoms with van der Waals surface area (Å²) in [5.74, 6) is 0. The van der Waals surface area contributed by atoms with Gasteiger partial charge in [-0.05, 0) is 26.2 Å². The predicted molar refractivity (Wildman–Crippen MR) is 46.7 cm³/mol. The van der Waals surface area contributed by atoms with E-state index in [0.717, 1.165) is 13.2 Å². The second-order valence-corrected chi connectivity index (χ2v) is 3.35. The van der Waals surface area contributed by atoms with Crippen molar-refractivity contribution in [3.8, 4) is 0 Å². The standard InChI is InChI=1S/C9H19NO/c1-3-8(2)10-7-9-5-4-6-11-9/h8-10H,3-7H2,1-2H3/t8-,9+/m0/s1. The van der Waals surface area contributed by atoms with Gasteiger partial charge in [0, 0.05) is 19.2 Å². The van der Waals surface area contributed by atoms with Crippen LogP contribution in [-0.2, 0) is 4.74 Å². The van der Waals surface area contributed by atoms with Crippen LogP contribution < -0.4 is 5.32 Å². The van der Waals surface area contributed by atoms with E-state index in [2.05, 4.69) is 19.2 Å². The Hall–Kier alpha value is -0.0800. The number of hydrogen-bond acceptors (Lipinski definition) is 2. The quantitative estimate of drug-likeness (QED) is 0.668. The van der Waals surface area contributed by atoms with Gasteiger partial charge in [0.2, 0.25) is 0 Å². The third-order valence-electron chi connectivity index (χ3n) is 2.33. The molecule has 1 fully saturated rings. The number of rotatable bonds is 4. The second-order valence-electron chi connectivity index (χ2n) is 3.35. The molecule has 2 heteroatoms. The Balaban J connectivity index is 2.01. The molecule has 0 spiro atoms. The molecule has 0 aliphatic carbocycles. The third-order valence-corrected chi connectivity index (χ3v) is 2.33. The average Bonchev–Trinajstić information content (AvgIpc) is 2.52. The van der Waals surface area contributed by atoms with E-state index >= 15 is 0 Å². The van der Waals surface area contributed by atoms with Crippen molar-refractivity contribution in [3.05, 3.63) is 0 Å². The zero-order valence-electron chi connectivity index (χ0n) is 7.60. The first-order chi connectivity index (χ1) is 5.33. The summed E-state index contributed by atoms with van der Waals surface area (Å²) in [6.07, 6.45) is 4.17. The maximum Gasteiger partial charge on any atom is 0.0700 e. The molecule has 1 aliphatic heterocycles. The SMILES string of the molecule is CC[C@H](C)NC[C@H]1CCCO1. The van der Waals surface area contributed by atoms with E-state index in [1.54, 1.807) is 0 Å². The molecule has 0 saturated carbocycles. The van der Waals surface area contributed by atoms with Crippen LogP contribution in [0.4, 0.5) is 0 Å². The van der Waals surface area contributed by atoms with Gasteiger partial charge in [-0.25, -0.2) is 0 Å². The summed E-state index contributed by atoms with van der Waals surface area (Å²) < 4.78 is 5.49. The van der Waals surface area contributed by atoms with E-state index in [0.29, 0.717) is 12.1 Å². The van der Waals surface area contributed by atoms with E-state index in [-0.39, 0.29) is 0 Å². The highest BCUT2D eigenvalue weighted by Gasteiger charge is 2.15. The summed E-state index contributed by atoms with van der Waals surface area (Å²) in [5.41, 5.74) is 0. The van der Waals surface area contributed by atoms with E-state index in [1.807, 2.05) is 0 Å². The van der Waals surface area contributed by atoms with Crippen molar-refractivity contribution in [2.75, 3.05) is 13.2 Å². The number of hydrogen-bond donors (Lipinski definition) is 1. The zero-order chi connectivity index (χ0) is 8.10. The summed E-state index contributed by atoms with van der Waals surface area (Å²) in [5, 5.41) is 3.45. The molecule has 66 valence electrons. The lowest BCUT2D eigenvalue weighted by Crippen LogP contribution is -2.32. The van der Waals surface area contributed by atoms with E-state index < -0.39 is 0 Å². The lowest BCUT2D eigenvalue weighted by Gasteiger charge is -2.14. The fraction of sp³-hybridized carbons (Fsp3) is 1.00. The molecule has 1 heterocycles. The van der Waals surface area contributed by atoms with Gasteiger partial charge in [0.15, 0.2) is 0 Å². The first-order valence-corrected chi connectivity index (χ1v) is 4.68. The minimum atomic E-state index is 0.490. The van der Waals surface area contributed by atoms with Gasteiger partial charge in [0.25, 0.3) is 0 Å². The van der Waals surface area contributed by atoms with Crippen molar-refractivity contribution in [1.29, 1.82) is 0 Å². The van der Waals surface area contributed by atoms with Crippen molar-refractivity contribution in [2.24, 2.45) is 0 Å². The highest BCUT2D eigenvalue weighted by Crippen LogP contribution is 2.10. The zero-order valence-corrected chi connectivity index (χ0v) is 7.60.